The van der Waals surface area contributed by atoms with Gasteiger partial charge in [-0.25, -0.2) is 8.42 Å². The third kappa shape index (κ3) is 3.75. The Hall–Kier alpha value is -0.570. The van der Waals surface area contributed by atoms with Crippen molar-refractivity contribution >= 4 is 41.6 Å². The van der Waals surface area contributed by atoms with E-state index in [1.165, 1.54) is 0 Å². The standard InChI is InChI=1S/C11H13BrClNO5S/c1-6-4-7(2-3-18-6)14-11(15)8-5-9(10(12)19-8)20(13,16)17/h5-7H,2-4H2,1H3,(H,14,15). The molecular formula is C11H13BrClNO5S. The summed E-state index contributed by atoms with van der Waals surface area (Å²) in [4.78, 5) is 11.7. The van der Waals surface area contributed by atoms with E-state index < -0.39 is 15.0 Å². The molecule has 2 unspecified atom stereocenters. The molecule has 20 heavy (non-hydrogen) atoms. The predicted octanol–water partition coefficient (Wildman–Crippen LogP) is 2.27. The third-order valence-corrected chi connectivity index (χ3v) is 5.14. The molecule has 0 saturated carbocycles. The molecule has 1 aromatic rings. The first kappa shape index (κ1) is 15.8. The number of carbonyl (C=O) groups excluding carboxylic acids is 1. The van der Waals surface area contributed by atoms with Crippen molar-refractivity contribution in [1.29, 1.82) is 0 Å². The predicted molar refractivity (Wildman–Crippen MR) is 75.3 cm³/mol. The minimum Gasteiger partial charge on any atom is -0.443 e. The van der Waals surface area contributed by atoms with Crippen LogP contribution in [-0.2, 0) is 13.8 Å². The van der Waals surface area contributed by atoms with Gasteiger partial charge >= 0.3 is 0 Å². The molecule has 2 atom stereocenters. The molecule has 1 fully saturated rings. The molecule has 2 rings (SSSR count). The van der Waals surface area contributed by atoms with Crippen molar-refractivity contribution in [2.24, 2.45) is 0 Å². The first-order chi connectivity index (χ1) is 9.27. The largest absolute Gasteiger partial charge is 0.443 e. The second kappa shape index (κ2) is 6.05. The fourth-order valence-corrected chi connectivity index (χ4v) is 4.05. The van der Waals surface area contributed by atoms with Gasteiger partial charge in [-0.2, -0.15) is 0 Å². The van der Waals surface area contributed by atoms with E-state index in [2.05, 4.69) is 21.2 Å². The van der Waals surface area contributed by atoms with Gasteiger partial charge in [0.15, 0.2) is 10.4 Å². The average molecular weight is 387 g/mol. The summed E-state index contributed by atoms with van der Waals surface area (Å²) in [7, 11) is 1.27. The van der Waals surface area contributed by atoms with Gasteiger partial charge in [0.2, 0.25) is 0 Å². The van der Waals surface area contributed by atoms with Gasteiger partial charge in [0.05, 0.1) is 6.10 Å². The smallest absolute Gasteiger partial charge is 0.287 e. The number of carbonyl (C=O) groups is 1. The zero-order valence-electron chi connectivity index (χ0n) is 10.6. The van der Waals surface area contributed by atoms with Crippen molar-refractivity contribution in [2.75, 3.05) is 6.61 Å². The van der Waals surface area contributed by atoms with E-state index in [9.17, 15) is 13.2 Å². The summed E-state index contributed by atoms with van der Waals surface area (Å²) in [6.07, 6.45) is 1.49. The lowest BCUT2D eigenvalue weighted by atomic mass is 10.0. The van der Waals surface area contributed by atoms with Crippen molar-refractivity contribution in [3.8, 4) is 0 Å². The van der Waals surface area contributed by atoms with Crippen LogP contribution in [0.3, 0.4) is 0 Å². The number of halogens is 2. The van der Waals surface area contributed by atoms with Crippen LogP contribution in [0.5, 0.6) is 0 Å². The van der Waals surface area contributed by atoms with Crippen LogP contribution < -0.4 is 5.32 Å². The lowest BCUT2D eigenvalue weighted by Crippen LogP contribution is -2.41. The molecule has 1 aliphatic heterocycles. The number of furan rings is 1. The van der Waals surface area contributed by atoms with E-state index in [4.69, 9.17) is 19.8 Å². The highest BCUT2D eigenvalue weighted by molar-refractivity contribution is 9.10. The first-order valence-corrected chi connectivity index (χ1v) is 9.04. The van der Waals surface area contributed by atoms with Crippen LogP contribution in [0.2, 0.25) is 0 Å². The number of hydrogen-bond acceptors (Lipinski definition) is 5. The van der Waals surface area contributed by atoms with Crippen molar-refractivity contribution in [3.63, 3.8) is 0 Å². The van der Waals surface area contributed by atoms with Gasteiger partial charge in [-0.1, -0.05) is 0 Å². The van der Waals surface area contributed by atoms with E-state index >= 15 is 0 Å². The molecule has 6 nitrogen and oxygen atoms in total. The van der Waals surface area contributed by atoms with Gasteiger partial charge in [0, 0.05) is 29.4 Å². The van der Waals surface area contributed by atoms with Gasteiger partial charge in [0.25, 0.3) is 15.0 Å². The second-order valence-corrected chi connectivity index (χ2v) is 7.82. The highest BCUT2D eigenvalue weighted by atomic mass is 79.9. The topological polar surface area (TPSA) is 85.6 Å². The Morgan fingerprint density at radius 3 is 2.80 bits per heavy atom. The molecule has 0 radical (unpaired) electrons. The summed E-state index contributed by atoms with van der Waals surface area (Å²) in [5.41, 5.74) is 0. The van der Waals surface area contributed by atoms with Gasteiger partial charge in [-0.15, -0.1) is 0 Å². The van der Waals surface area contributed by atoms with Crippen LogP contribution in [0.15, 0.2) is 20.0 Å². The molecule has 1 saturated heterocycles. The minimum atomic E-state index is -3.96. The van der Waals surface area contributed by atoms with Crippen molar-refractivity contribution < 1.29 is 22.4 Å². The van der Waals surface area contributed by atoms with Crippen molar-refractivity contribution in [3.05, 3.63) is 16.5 Å². The number of hydrogen-bond donors (Lipinski definition) is 1. The van der Waals surface area contributed by atoms with Gasteiger partial charge in [0.1, 0.15) is 4.90 Å². The fraction of sp³-hybridized carbons (Fsp3) is 0.545. The van der Waals surface area contributed by atoms with Gasteiger partial charge < -0.3 is 14.5 Å². The van der Waals surface area contributed by atoms with Crippen LogP contribution in [0.1, 0.15) is 30.3 Å². The first-order valence-electron chi connectivity index (χ1n) is 5.94. The molecule has 1 N–H and O–H groups in total. The van der Waals surface area contributed by atoms with Crippen molar-refractivity contribution in [1.82, 2.24) is 5.32 Å². The van der Waals surface area contributed by atoms with E-state index in [0.29, 0.717) is 19.4 Å². The third-order valence-electron chi connectivity index (χ3n) is 2.96. The Morgan fingerprint density at radius 1 is 1.55 bits per heavy atom. The molecular weight excluding hydrogens is 374 g/mol. The lowest BCUT2D eigenvalue weighted by Gasteiger charge is -2.27. The molecule has 0 spiro atoms. The second-order valence-electron chi connectivity index (χ2n) is 4.56. The molecule has 0 bridgehead atoms. The average Bonchev–Trinajstić information content (AvgIpc) is 2.71. The molecule has 1 amide bonds. The van der Waals surface area contributed by atoms with Gasteiger partial charge in [-0.3, -0.25) is 4.79 Å². The van der Waals surface area contributed by atoms with Crippen LogP contribution in [0.25, 0.3) is 0 Å². The summed E-state index contributed by atoms with van der Waals surface area (Å²) >= 11 is 2.93. The minimum absolute atomic E-state index is 0.0221. The summed E-state index contributed by atoms with van der Waals surface area (Å²) in [5, 5.41) is 2.79. The zero-order chi connectivity index (χ0) is 14.9. The Bertz CT molecular complexity index is 614. The fourth-order valence-electron chi connectivity index (χ4n) is 2.02. The molecule has 1 aliphatic rings. The Morgan fingerprint density at radius 2 is 2.25 bits per heavy atom. The Balaban J connectivity index is 2.10. The number of amides is 1. The summed E-state index contributed by atoms with van der Waals surface area (Å²) < 4.78 is 32.9. The Kier molecular flexibility index (Phi) is 4.78. The number of nitrogens with one attached hydrogen (secondary N) is 1. The molecule has 0 aliphatic carbocycles. The molecule has 1 aromatic heterocycles. The quantitative estimate of drug-likeness (QED) is 0.805. The van der Waals surface area contributed by atoms with E-state index in [1.54, 1.807) is 0 Å². The zero-order valence-corrected chi connectivity index (χ0v) is 13.7. The SMILES string of the molecule is CC1CC(NC(=O)c2cc(S(=O)(=O)Cl)c(Br)o2)CCO1. The van der Waals surface area contributed by atoms with Crippen molar-refractivity contribution in [2.45, 2.75) is 36.8 Å². The van der Waals surface area contributed by atoms with E-state index in [0.717, 1.165) is 6.07 Å². The van der Waals surface area contributed by atoms with E-state index in [-0.39, 0.29) is 27.5 Å². The summed E-state index contributed by atoms with van der Waals surface area (Å²) in [6, 6.07) is 1.08. The lowest BCUT2D eigenvalue weighted by molar-refractivity contribution is 0.0134. The molecule has 112 valence electrons. The maximum Gasteiger partial charge on any atom is 0.287 e. The highest BCUT2D eigenvalue weighted by Crippen LogP contribution is 2.28. The molecule has 9 heteroatoms. The van der Waals surface area contributed by atoms with Crippen LogP contribution in [-0.4, -0.2) is 33.1 Å². The van der Waals surface area contributed by atoms with Gasteiger partial charge in [-0.05, 0) is 35.7 Å². The van der Waals surface area contributed by atoms with E-state index in [1.807, 2.05) is 6.92 Å². The maximum atomic E-state index is 12.0. The number of rotatable bonds is 3. The Labute approximate surface area is 129 Å². The highest BCUT2D eigenvalue weighted by Gasteiger charge is 2.26. The van der Waals surface area contributed by atoms with Crippen LogP contribution in [0, 0.1) is 0 Å². The maximum absolute atomic E-state index is 12.0. The normalized spacial score (nSPS) is 23.6. The summed E-state index contributed by atoms with van der Waals surface area (Å²) in [5.74, 6) is -0.577. The van der Waals surface area contributed by atoms with Crippen LogP contribution in [0.4, 0.5) is 0 Å². The van der Waals surface area contributed by atoms with Crippen LogP contribution >= 0.6 is 26.6 Å². The molecule has 2 heterocycles. The molecule has 0 aromatic carbocycles. The monoisotopic (exact) mass is 385 g/mol. The number of ether oxygens (including phenoxy) is 1. The summed E-state index contributed by atoms with van der Waals surface area (Å²) in [6.45, 7) is 2.51.